The molecule has 23 heavy (non-hydrogen) atoms. The van der Waals surface area contributed by atoms with E-state index < -0.39 is 11.9 Å². The highest BCUT2D eigenvalue weighted by Gasteiger charge is 2.19. The van der Waals surface area contributed by atoms with E-state index in [4.69, 9.17) is 4.74 Å². The van der Waals surface area contributed by atoms with Gasteiger partial charge in [0.2, 0.25) is 5.91 Å². The lowest BCUT2D eigenvalue weighted by atomic mass is 10.0. The molecule has 0 aliphatic rings. The molecule has 0 aromatic heterocycles. The zero-order valence-corrected chi connectivity index (χ0v) is 14.1. The van der Waals surface area contributed by atoms with Crippen LogP contribution in [0.1, 0.15) is 36.7 Å². The minimum Gasteiger partial charge on any atom is -0.478 e. The fourth-order valence-corrected chi connectivity index (χ4v) is 1.97. The van der Waals surface area contributed by atoms with Crippen LogP contribution in [0.15, 0.2) is 12.1 Å². The van der Waals surface area contributed by atoms with Gasteiger partial charge in [0.1, 0.15) is 11.3 Å². The lowest BCUT2D eigenvalue weighted by molar-refractivity contribution is -0.132. The molecule has 3 N–H and O–H groups in total. The molecule has 0 saturated heterocycles. The van der Waals surface area contributed by atoms with Crippen LogP contribution in [0.25, 0.3) is 0 Å². The summed E-state index contributed by atoms with van der Waals surface area (Å²) in [5.74, 6) is -2.12. The molecule has 1 amide bonds. The molecule has 1 aromatic carbocycles. The third kappa shape index (κ3) is 6.66. The number of hydrogen-bond donors (Lipinski definition) is 3. The molecule has 0 heterocycles. The number of aromatic carboxylic acids is 1. The smallest absolute Gasteiger partial charge is 0.339 e. The van der Waals surface area contributed by atoms with Crippen LogP contribution in [-0.2, 0) is 16.0 Å². The van der Waals surface area contributed by atoms with Crippen molar-refractivity contribution in [1.29, 1.82) is 0 Å². The summed E-state index contributed by atoms with van der Waals surface area (Å²) in [6.45, 7) is 5.84. The summed E-state index contributed by atoms with van der Waals surface area (Å²) < 4.78 is 5.07. The van der Waals surface area contributed by atoms with Gasteiger partial charge < -0.3 is 20.5 Å². The number of carboxylic acid groups (broad SMARTS) is 1. The van der Waals surface area contributed by atoms with Crippen LogP contribution in [0.4, 0.5) is 5.69 Å². The van der Waals surface area contributed by atoms with Gasteiger partial charge in [0.15, 0.2) is 0 Å². The zero-order valence-electron chi connectivity index (χ0n) is 13.3. The number of amides is 1. The fourth-order valence-electron chi connectivity index (χ4n) is 1.97. The number of anilines is 1. The van der Waals surface area contributed by atoms with E-state index in [2.05, 4.69) is 10.6 Å². The Morgan fingerprint density at radius 1 is 1.22 bits per heavy atom. The summed E-state index contributed by atoms with van der Waals surface area (Å²) in [6, 6.07) is 2.89. The zero-order chi connectivity index (χ0) is 16.7. The molecule has 0 bridgehead atoms. The van der Waals surface area contributed by atoms with Gasteiger partial charge in [-0.15, -0.1) is 12.4 Å². The molecule has 0 spiro atoms. The molecular formula is C15H21ClN2O5. The van der Waals surface area contributed by atoms with Crippen molar-refractivity contribution in [1.82, 2.24) is 5.32 Å². The number of carbonyl (C=O) groups excluding carboxylic acids is 2. The molecule has 1 aromatic rings. The second kappa shape index (κ2) is 9.81. The number of carboxylic acids is 1. The van der Waals surface area contributed by atoms with Crippen LogP contribution in [-0.4, -0.2) is 36.0 Å². The maximum absolute atomic E-state index is 11.4. The quantitative estimate of drug-likeness (QED) is 0.396. The van der Waals surface area contributed by atoms with Crippen molar-refractivity contribution in [3.05, 3.63) is 23.3 Å². The standard InChI is InChI=1S/C15H20N2O5.ClH/c1-4-16-6-5-11-7-12(17-9(2)18)8-13(15(20)21)14(11)22-10(3)19;/h7-8,16H,4-6H2,1-3H3,(H,17,18)(H,20,21);1H. The summed E-state index contributed by atoms with van der Waals surface area (Å²) in [6.07, 6.45) is 0.462. The van der Waals surface area contributed by atoms with Crippen molar-refractivity contribution in [2.24, 2.45) is 0 Å². The largest absolute Gasteiger partial charge is 0.478 e. The van der Waals surface area contributed by atoms with Crippen LogP contribution in [0.5, 0.6) is 5.75 Å². The number of benzene rings is 1. The Labute approximate surface area is 140 Å². The van der Waals surface area contributed by atoms with Crippen LogP contribution < -0.4 is 15.4 Å². The average Bonchev–Trinajstić information content (AvgIpc) is 2.40. The van der Waals surface area contributed by atoms with E-state index in [1.807, 2.05) is 6.92 Å². The van der Waals surface area contributed by atoms with Crippen molar-refractivity contribution in [2.75, 3.05) is 18.4 Å². The molecule has 0 atom stereocenters. The van der Waals surface area contributed by atoms with Gasteiger partial charge in [0, 0.05) is 19.5 Å². The Kier molecular flexibility index (Phi) is 8.90. The van der Waals surface area contributed by atoms with E-state index >= 15 is 0 Å². The predicted octanol–water partition coefficient (Wildman–Crippen LogP) is 1.84. The number of esters is 1. The number of hydrogen-bond acceptors (Lipinski definition) is 5. The first kappa shape index (κ1) is 20.9. The van der Waals surface area contributed by atoms with Crippen LogP contribution in [0.3, 0.4) is 0 Å². The Bertz CT molecular complexity index is 589. The summed E-state index contributed by atoms with van der Waals surface area (Å²) in [4.78, 5) is 33.8. The summed E-state index contributed by atoms with van der Waals surface area (Å²) >= 11 is 0. The van der Waals surface area contributed by atoms with E-state index in [0.29, 0.717) is 24.2 Å². The number of ether oxygens (including phenoxy) is 1. The molecule has 1 rings (SSSR count). The van der Waals surface area contributed by atoms with Crippen molar-refractivity contribution in [3.8, 4) is 5.75 Å². The van der Waals surface area contributed by atoms with Gasteiger partial charge in [-0.25, -0.2) is 4.79 Å². The van der Waals surface area contributed by atoms with Crippen LogP contribution >= 0.6 is 12.4 Å². The van der Waals surface area contributed by atoms with Crippen molar-refractivity contribution >= 4 is 35.9 Å². The fraction of sp³-hybridized carbons (Fsp3) is 0.400. The molecule has 0 aliphatic carbocycles. The Morgan fingerprint density at radius 2 is 1.87 bits per heavy atom. The molecule has 0 aliphatic heterocycles. The van der Waals surface area contributed by atoms with Crippen LogP contribution in [0, 0.1) is 0 Å². The van der Waals surface area contributed by atoms with Gasteiger partial charge >= 0.3 is 11.9 Å². The first-order chi connectivity index (χ1) is 10.3. The van der Waals surface area contributed by atoms with Gasteiger partial charge in [-0.3, -0.25) is 9.59 Å². The van der Waals surface area contributed by atoms with E-state index in [0.717, 1.165) is 6.54 Å². The number of likely N-dealkylation sites (N-methyl/N-ethyl adjacent to an activating group) is 1. The van der Waals surface area contributed by atoms with Crippen molar-refractivity contribution < 1.29 is 24.2 Å². The van der Waals surface area contributed by atoms with Crippen LogP contribution in [0.2, 0.25) is 0 Å². The normalized spacial score (nSPS) is 9.70. The van der Waals surface area contributed by atoms with Gasteiger partial charge in [-0.05, 0) is 37.2 Å². The predicted molar refractivity (Wildman–Crippen MR) is 88.5 cm³/mol. The first-order valence-corrected chi connectivity index (χ1v) is 6.92. The van der Waals surface area contributed by atoms with Crippen molar-refractivity contribution in [3.63, 3.8) is 0 Å². The maximum Gasteiger partial charge on any atom is 0.339 e. The topological polar surface area (TPSA) is 105 Å². The lowest BCUT2D eigenvalue weighted by Crippen LogP contribution is -2.18. The average molecular weight is 345 g/mol. The molecule has 7 nitrogen and oxygen atoms in total. The third-order valence-electron chi connectivity index (χ3n) is 2.78. The highest BCUT2D eigenvalue weighted by atomic mass is 35.5. The summed E-state index contributed by atoms with van der Waals surface area (Å²) in [5.41, 5.74) is 0.736. The van der Waals surface area contributed by atoms with Gasteiger partial charge in [0.25, 0.3) is 0 Å². The summed E-state index contributed by atoms with van der Waals surface area (Å²) in [7, 11) is 0. The maximum atomic E-state index is 11.4. The van der Waals surface area contributed by atoms with E-state index in [1.165, 1.54) is 19.9 Å². The third-order valence-corrected chi connectivity index (χ3v) is 2.78. The van der Waals surface area contributed by atoms with E-state index in [-0.39, 0.29) is 29.6 Å². The Hall–Kier alpha value is -2.12. The number of rotatable bonds is 7. The second-order valence-corrected chi connectivity index (χ2v) is 4.70. The molecular weight excluding hydrogens is 324 g/mol. The molecule has 0 saturated carbocycles. The number of halogens is 1. The SMILES string of the molecule is CCNCCc1cc(NC(C)=O)cc(C(=O)O)c1OC(C)=O.Cl. The molecule has 0 unspecified atom stereocenters. The van der Waals surface area contributed by atoms with Gasteiger partial charge in [-0.1, -0.05) is 6.92 Å². The molecule has 0 radical (unpaired) electrons. The lowest BCUT2D eigenvalue weighted by Gasteiger charge is -2.15. The Morgan fingerprint density at radius 3 is 2.35 bits per heavy atom. The Balaban J connectivity index is 0.00000484. The van der Waals surface area contributed by atoms with E-state index in [9.17, 15) is 19.5 Å². The number of nitrogens with one attached hydrogen (secondary N) is 2. The first-order valence-electron chi connectivity index (χ1n) is 6.92. The minimum atomic E-state index is -1.23. The van der Waals surface area contributed by atoms with Gasteiger partial charge in [0.05, 0.1) is 0 Å². The molecule has 128 valence electrons. The summed E-state index contributed by atoms with van der Waals surface area (Å²) in [5, 5.41) is 15.0. The van der Waals surface area contributed by atoms with Gasteiger partial charge in [-0.2, -0.15) is 0 Å². The monoisotopic (exact) mass is 344 g/mol. The molecule has 0 fully saturated rings. The molecule has 8 heteroatoms. The van der Waals surface area contributed by atoms with Crippen molar-refractivity contribution in [2.45, 2.75) is 27.2 Å². The second-order valence-electron chi connectivity index (χ2n) is 4.70. The van der Waals surface area contributed by atoms with E-state index in [1.54, 1.807) is 6.07 Å². The minimum absolute atomic E-state index is 0. The highest BCUT2D eigenvalue weighted by Crippen LogP contribution is 2.29. The highest BCUT2D eigenvalue weighted by molar-refractivity contribution is 5.96. The number of carbonyl (C=O) groups is 3.